The molecule has 1 aliphatic heterocycles. The summed E-state index contributed by atoms with van der Waals surface area (Å²) in [6.45, 7) is 6.48. The number of hydrogen-bond acceptors (Lipinski definition) is 5. The van der Waals surface area contributed by atoms with Gasteiger partial charge in [0.25, 0.3) is 5.91 Å². The number of carbonyl (C=O) groups is 1. The molecule has 0 radical (unpaired) electrons. The normalized spacial score (nSPS) is 15.3. The fourth-order valence-corrected chi connectivity index (χ4v) is 2.88. The van der Waals surface area contributed by atoms with Gasteiger partial charge in [-0.15, -0.1) is 0 Å². The number of benzene rings is 1. The molecule has 1 saturated heterocycles. The summed E-state index contributed by atoms with van der Waals surface area (Å²) >= 11 is 3.40. The second-order valence-corrected chi connectivity index (χ2v) is 6.56. The van der Waals surface area contributed by atoms with Gasteiger partial charge in [-0.05, 0) is 30.8 Å². The molecule has 2 heterocycles. The first kappa shape index (κ1) is 16.9. The van der Waals surface area contributed by atoms with Crippen molar-refractivity contribution in [3.63, 3.8) is 0 Å². The van der Waals surface area contributed by atoms with E-state index in [1.807, 2.05) is 29.2 Å². The Morgan fingerprint density at radius 3 is 2.42 bits per heavy atom. The number of likely N-dealkylation sites (N-methyl/N-ethyl adjacent to an activating group) is 1. The van der Waals surface area contributed by atoms with E-state index in [-0.39, 0.29) is 5.91 Å². The molecule has 1 aromatic carbocycles. The van der Waals surface area contributed by atoms with E-state index in [1.165, 1.54) is 6.20 Å². The molecule has 24 heavy (non-hydrogen) atoms. The fourth-order valence-electron chi connectivity index (χ4n) is 2.61. The predicted molar refractivity (Wildman–Crippen MR) is 97.5 cm³/mol. The summed E-state index contributed by atoms with van der Waals surface area (Å²) in [6, 6.07) is 7.78. The molecule has 1 N–H and O–H groups in total. The van der Waals surface area contributed by atoms with Gasteiger partial charge in [0.05, 0.1) is 12.4 Å². The molecular formula is C17H20BrN5O. The van der Waals surface area contributed by atoms with Crippen LogP contribution in [-0.4, -0.2) is 58.4 Å². The van der Waals surface area contributed by atoms with E-state index in [2.05, 4.69) is 43.0 Å². The van der Waals surface area contributed by atoms with Crippen LogP contribution in [0.15, 0.2) is 41.1 Å². The highest BCUT2D eigenvalue weighted by molar-refractivity contribution is 9.10. The third-order valence-corrected chi connectivity index (χ3v) is 4.62. The Hall–Kier alpha value is -1.99. The molecule has 7 heteroatoms. The third-order valence-electron chi connectivity index (χ3n) is 4.09. The Kier molecular flexibility index (Phi) is 5.42. The number of hydrogen-bond donors (Lipinski definition) is 1. The van der Waals surface area contributed by atoms with Crippen molar-refractivity contribution in [2.24, 2.45) is 0 Å². The largest absolute Gasteiger partial charge is 0.339 e. The van der Waals surface area contributed by atoms with Crippen LogP contribution in [0.1, 0.15) is 17.4 Å². The second-order valence-electron chi connectivity index (χ2n) is 5.65. The summed E-state index contributed by atoms with van der Waals surface area (Å²) in [5, 5.41) is 3.16. The van der Waals surface area contributed by atoms with Crippen molar-refractivity contribution in [2.45, 2.75) is 6.92 Å². The van der Waals surface area contributed by atoms with Gasteiger partial charge in [0.1, 0.15) is 11.5 Å². The highest BCUT2D eigenvalue weighted by atomic mass is 79.9. The Labute approximate surface area is 150 Å². The molecule has 126 valence electrons. The molecule has 0 spiro atoms. The van der Waals surface area contributed by atoms with Crippen LogP contribution in [0.3, 0.4) is 0 Å². The van der Waals surface area contributed by atoms with E-state index in [4.69, 9.17) is 0 Å². The SMILES string of the molecule is CCN1CCN(C(=O)c2cnc(Nc3ccc(Br)cc3)cn2)CC1. The molecule has 0 atom stereocenters. The lowest BCUT2D eigenvalue weighted by atomic mass is 10.3. The summed E-state index contributed by atoms with van der Waals surface area (Å²) in [5.41, 5.74) is 1.31. The molecule has 1 aromatic heterocycles. The highest BCUT2D eigenvalue weighted by Crippen LogP contribution is 2.17. The van der Waals surface area contributed by atoms with Gasteiger partial charge in [0.2, 0.25) is 0 Å². The minimum atomic E-state index is -0.0477. The van der Waals surface area contributed by atoms with Crippen LogP contribution in [0.25, 0.3) is 0 Å². The van der Waals surface area contributed by atoms with Crippen molar-refractivity contribution in [1.29, 1.82) is 0 Å². The summed E-state index contributed by atoms with van der Waals surface area (Å²) in [7, 11) is 0. The standard InChI is InChI=1S/C17H20BrN5O/c1-2-22-7-9-23(10-8-22)17(24)15-11-20-16(12-19-15)21-14-5-3-13(18)4-6-14/h3-6,11-12H,2,7-10H2,1H3,(H,20,21). The molecule has 1 amide bonds. The zero-order valence-electron chi connectivity index (χ0n) is 13.6. The highest BCUT2D eigenvalue weighted by Gasteiger charge is 2.22. The maximum absolute atomic E-state index is 12.5. The van der Waals surface area contributed by atoms with Gasteiger partial charge in [-0.3, -0.25) is 4.79 Å². The fraction of sp³-hybridized carbons (Fsp3) is 0.353. The zero-order valence-corrected chi connectivity index (χ0v) is 15.2. The van der Waals surface area contributed by atoms with Crippen molar-refractivity contribution in [3.05, 3.63) is 46.8 Å². The number of nitrogens with one attached hydrogen (secondary N) is 1. The lowest BCUT2D eigenvalue weighted by molar-refractivity contribution is 0.0637. The number of amides is 1. The van der Waals surface area contributed by atoms with Gasteiger partial charge >= 0.3 is 0 Å². The lowest BCUT2D eigenvalue weighted by Crippen LogP contribution is -2.48. The molecule has 1 aliphatic rings. The minimum Gasteiger partial charge on any atom is -0.339 e. The molecular weight excluding hydrogens is 370 g/mol. The zero-order chi connectivity index (χ0) is 16.9. The molecule has 3 rings (SSSR count). The summed E-state index contributed by atoms with van der Waals surface area (Å²) in [4.78, 5) is 25.2. The number of carbonyl (C=O) groups excluding carboxylic acids is 1. The van der Waals surface area contributed by atoms with E-state index in [0.29, 0.717) is 11.5 Å². The molecule has 0 unspecified atom stereocenters. The van der Waals surface area contributed by atoms with Crippen LogP contribution < -0.4 is 5.32 Å². The van der Waals surface area contributed by atoms with Gasteiger partial charge < -0.3 is 15.1 Å². The average Bonchev–Trinajstić information content (AvgIpc) is 2.64. The third kappa shape index (κ3) is 4.10. The summed E-state index contributed by atoms with van der Waals surface area (Å²) in [6.07, 6.45) is 3.13. The number of rotatable bonds is 4. The van der Waals surface area contributed by atoms with Crippen molar-refractivity contribution >= 4 is 33.3 Å². The maximum atomic E-state index is 12.5. The number of halogens is 1. The summed E-state index contributed by atoms with van der Waals surface area (Å²) < 4.78 is 1.02. The molecule has 1 fully saturated rings. The van der Waals surface area contributed by atoms with Crippen molar-refractivity contribution < 1.29 is 4.79 Å². The van der Waals surface area contributed by atoms with Gasteiger partial charge in [-0.1, -0.05) is 22.9 Å². The first-order valence-corrected chi connectivity index (χ1v) is 8.81. The first-order chi connectivity index (χ1) is 11.7. The van der Waals surface area contributed by atoms with Crippen molar-refractivity contribution in [2.75, 3.05) is 38.0 Å². The Bertz CT molecular complexity index is 681. The Morgan fingerprint density at radius 1 is 1.12 bits per heavy atom. The van der Waals surface area contributed by atoms with Gasteiger partial charge in [-0.25, -0.2) is 9.97 Å². The minimum absolute atomic E-state index is 0.0477. The van der Waals surface area contributed by atoms with Crippen LogP contribution in [-0.2, 0) is 0 Å². The van der Waals surface area contributed by atoms with E-state index >= 15 is 0 Å². The van der Waals surface area contributed by atoms with Crippen molar-refractivity contribution in [1.82, 2.24) is 19.8 Å². The smallest absolute Gasteiger partial charge is 0.274 e. The molecule has 0 aliphatic carbocycles. The monoisotopic (exact) mass is 389 g/mol. The van der Waals surface area contributed by atoms with E-state index in [9.17, 15) is 4.79 Å². The van der Waals surface area contributed by atoms with E-state index in [1.54, 1.807) is 6.20 Å². The van der Waals surface area contributed by atoms with Gasteiger partial charge in [-0.2, -0.15) is 0 Å². The van der Waals surface area contributed by atoms with E-state index in [0.717, 1.165) is 42.9 Å². The summed E-state index contributed by atoms with van der Waals surface area (Å²) in [5.74, 6) is 0.568. The molecule has 2 aromatic rings. The lowest BCUT2D eigenvalue weighted by Gasteiger charge is -2.33. The Morgan fingerprint density at radius 2 is 1.83 bits per heavy atom. The van der Waals surface area contributed by atoms with Gasteiger partial charge in [0, 0.05) is 36.3 Å². The quantitative estimate of drug-likeness (QED) is 0.870. The average molecular weight is 390 g/mol. The number of piperazine rings is 1. The predicted octanol–water partition coefficient (Wildman–Crippen LogP) is 2.76. The van der Waals surface area contributed by atoms with Crippen LogP contribution in [0.4, 0.5) is 11.5 Å². The van der Waals surface area contributed by atoms with E-state index < -0.39 is 0 Å². The molecule has 6 nitrogen and oxygen atoms in total. The second kappa shape index (κ2) is 7.72. The topological polar surface area (TPSA) is 61.4 Å². The number of aromatic nitrogens is 2. The van der Waals surface area contributed by atoms with Crippen LogP contribution in [0.2, 0.25) is 0 Å². The van der Waals surface area contributed by atoms with Crippen LogP contribution in [0.5, 0.6) is 0 Å². The maximum Gasteiger partial charge on any atom is 0.274 e. The molecule has 0 saturated carbocycles. The first-order valence-electron chi connectivity index (χ1n) is 8.02. The van der Waals surface area contributed by atoms with Crippen LogP contribution >= 0.6 is 15.9 Å². The van der Waals surface area contributed by atoms with Crippen molar-refractivity contribution in [3.8, 4) is 0 Å². The van der Waals surface area contributed by atoms with Crippen LogP contribution in [0, 0.1) is 0 Å². The van der Waals surface area contributed by atoms with Gasteiger partial charge in [0.15, 0.2) is 0 Å². The number of anilines is 2. The number of nitrogens with zero attached hydrogens (tertiary/aromatic N) is 4. The Balaban J connectivity index is 1.61. The molecule has 0 bridgehead atoms.